The Labute approximate surface area is 118 Å². The van der Waals surface area contributed by atoms with E-state index in [0.29, 0.717) is 13.0 Å². The molecule has 0 unspecified atom stereocenters. The van der Waals surface area contributed by atoms with Crippen molar-refractivity contribution in [2.24, 2.45) is 11.1 Å². The van der Waals surface area contributed by atoms with Crippen LogP contribution in [0.2, 0.25) is 0 Å². The van der Waals surface area contributed by atoms with Crippen molar-refractivity contribution in [3.63, 3.8) is 0 Å². The smallest absolute Gasteiger partial charge is 0.221 e. The molecule has 0 heterocycles. The number of rotatable bonds is 7. The maximum Gasteiger partial charge on any atom is 0.221 e. The maximum absolute atomic E-state index is 12.4. The lowest BCUT2D eigenvalue weighted by atomic mass is 9.71. The van der Waals surface area contributed by atoms with Crippen molar-refractivity contribution in [3.05, 3.63) is 0 Å². The van der Waals surface area contributed by atoms with Crippen LogP contribution in [-0.4, -0.2) is 18.0 Å². The van der Waals surface area contributed by atoms with E-state index < -0.39 is 0 Å². The van der Waals surface area contributed by atoms with Crippen LogP contribution in [0.15, 0.2) is 0 Å². The van der Waals surface area contributed by atoms with E-state index in [0.717, 1.165) is 32.1 Å². The molecule has 0 spiro atoms. The van der Waals surface area contributed by atoms with Gasteiger partial charge in [-0.1, -0.05) is 40.0 Å². The molecular formula is C16H32N2O. The molecule has 3 nitrogen and oxygen atoms in total. The third-order valence-corrected chi connectivity index (χ3v) is 5.32. The Bertz CT molecular complexity index is 270. The Morgan fingerprint density at radius 2 is 1.63 bits per heavy atom. The lowest BCUT2D eigenvalue weighted by Gasteiger charge is -2.38. The van der Waals surface area contributed by atoms with E-state index in [-0.39, 0.29) is 16.9 Å². The van der Waals surface area contributed by atoms with Crippen molar-refractivity contribution in [1.29, 1.82) is 0 Å². The highest BCUT2D eigenvalue weighted by molar-refractivity contribution is 5.77. The standard InChI is InChI=1S/C16H32N2O/c1-4-16(5-2,6-3)18-14(19)12-15(13-17)10-8-7-9-11-15/h4-13,17H2,1-3H3,(H,18,19). The van der Waals surface area contributed by atoms with Crippen molar-refractivity contribution in [3.8, 4) is 0 Å². The van der Waals surface area contributed by atoms with Gasteiger partial charge in [0, 0.05) is 12.0 Å². The Morgan fingerprint density at radius 1 is 1.11 bits per heavy atom. The number of nitrogens with two attached hydrogens (primary N) is 1. The van der Waals surface area contributed by atoms with Gasteiger partial charge in [0.05, 0.1) is 0 Å². The minimum atomic E-state index is -0.0124. The zero-order valence-electron chi connectivity index (χ0n) is 13.1. The van der Waals surface area contributed by atoms with Gasteiger partial charge in [0.1, 0.15) is 0 Å². The zero-order chi connectivity index (χ0) is 14.4. The van der Waals surface area contributed by atoms with E-state index in [9.17, 15) is 4.79 Å². The fraction of sp³-hybridized carbons (Fsp3) is 0.938. The van der Waals surface area contributed by atoms with Crippen LogP contribution in [0, 0.1) is 5.41 Å². The van der Waals surface area contributed by atoms with Gasteiger partial charge < -0.3 is 11.1 Å². The maximum atomic E-state index is 12.4. The summed E-state index contributed by atoms with van der Waals surface area (Å²) in [5.41, 5.74) is 6.03. The Hall–Kier alpha value is -0.570. The van der Waals surface area contributed by atoms with Gasteiger partial charge in [-0.25, -0.2) is 0 Å². The van der Waals surface area contributed by atoms with Crippen molar-refractivity contribution >= 4 is 5.91 Å². The second-order valence-electron chi connectivity index (χ2n) is 6.33. The summed E-state index contributed by atoms with van der Waals surface area (Å²) in [7, 11) is 0. The summed E-state index contributed by atoms with van der Waals surface area (Å²) in [4.78, 5) is 12.4. The van der Waals surface area contributed by atoms with Crippen LogP contribution < -0.4 is 11.1 Å². The lowest BCUT2D eigenvalue weighted by molar-refractivity contribution is -0.126. The Kier molecular flexibility index (Phi) is 6.31. The van der Waals surface area contributed by atoms with Gasteiger partial charge in [0.2, 0.25) is 5.91 Å². The second kappa shape index (κ2) is 7.28. The summed E-state index contributed by atoms with van der Waals surface area (Å²) in [6.07, 6.45) is 9.61. The normalized spacial score (nSPS) is 19.2. The molecule has 1 amide bonds. The van der Waals surface area contributed by atoms with Crippen LogP contribution in [0.3, 0.4) is 0 Å². The average Bonchev–Trinajstić information content (AvgIpc) is 2.46. The quantitative estimate of drug-likeness (QED) is 0.744. The minimum Gasteiger partial charge on any atom is -0.351 e. The number of hydrogen-bond donors (Lipinski definition) is 2. The molecule has 1 rings (SSSR count). The predicted octanol–water partition coefficient (Wildman–Crippen LogP) is 3.37. The average molecular weight is 268 g/mol. The molecular weight excluding hydrogens is 236 g/mol. The Morgan fingerprint density at radius 3 is 2.05 bits per heavy atom. The van der Waals surface area contributed by atoms with Gasteiger partial charge in [0.25, 0.3) is 0 Å². The second-order valence-corrected chi connectivity index (χ2v) is 6.33. The van der Waals surface area contributed by atoms with E-state index in [1.54, 1.807) is 0 Å². The molecule has 0 radical (unpaired) electrons. The SMILES string of the molecule is CCC(CC)(CC)NC(=O)CC1(CN)CCCCC1. The number of nitrogens with one attached hydrogen (secondary N) is 1. The molecule has 1 aliphatic carbocycles. The summed E-state index contributed by atoms with van der Waals surface area (Å²) in [6.45, 7) is 7.13. The molecule has 1 saturated carbocycles. The van der Waals surface area contributed by atoms with Crippen molar-refractivity contribution in [2.75, 3.05) is 6.54 Å². The molecule has 0 aliphatic heterocycles. The van der Waals surface area contributed by atoms with Crippen LogP contribution in [0.1, 0.15) is 78.6 Å². The predicted molar refractivity (Wildman–Crippen MR) is 80.9 cm³/mol. The first-order valence-electron chi connectivity index (χ1n) is 8.06. The van der Waals surface area contributed by atoms with E-state index in [2.05, 4.69) is 26.1 Å². The van der Waals surface area contributed by atoms with Gasteiger partial charge in [-0.05, 0) is 44.1 Å². The van der Waals surface area contributed by atoms with Crippen molar-refractivity contribution < 1.29 is 4.79 Å². The van der Waals surface area contributed by atoms with Crippen LogP contribution in [0.5, 0.6) is 0 Å². The molecule has 3 heteroatoms. The van der Waals surface area contributed by atoms with Crippen LogP contribution in [-0.2, 0) is 4.79 Å². The van der Waals surface area contributed by atoms with E-state index >= 15 is 0 Å². The van der Waals surface area contributed by atoms with Crippen molar-refractivity contribution in [1.82, 2.24) is 5.32 Å². The van der Waals surface area contributed by atoms with E-state index in [1.807, 2.05) is 0 Å². The molecule has 0 saturated heterocycles. The van der Waals surface area contributed by atoms with Gasteiger partial charge in [-0.3, -0.25) is 4.79 Å². The number of hydrogen-bond acceptors (Lipinski definition) is 2. The highest BCUT2D eigenvalue weighted by atomic mass is 16.1. The van der Waals surface area contributed by atoms with Gasteiger partial charge in [0.15, 0.2) is 0 Å². The summed E-state index contributed by atoms with van der Waals surface area (Å²) in [5.74, 6) is 0.206. The molecule has 112 valence electrons. The monoisotopic (exact) mass is 268 g/mol. The third kappa shape index (κ3) is 4.20. The molecule has 1 fully saturated rings. The highest BCUT2D eigenvalue weighted by Gasteiger charge is 2.35. The molecule has 0 aromatic carbocycles. The first kappa shape index (κ1) is 16.5. The number of carbonyl (C=O) groups excluding carboxylic acids is 1. The fourth-order valence-corrected chi connectivity index (χ4v) is 3.45. The molecule has 0 atom stereocenters. The molecule has 0 bridgehead atoms. The molecule has 3 N–H and O–H groups in total. The summed E-state index contributed by atoms with van der Waals surface area (Å²) in [5, 5.41) is 3.29. The van der Waals surface area contributed by atoms with Crippen LogP contribution in [0.25, 0.3) is 0 Å². The molecule has 19 heavy (non-hydrogen) atoms. The number of amides is 1. The number of carbonyl (C=O) groups is 1. The lowest BCUT2D eigenvalue weighted by Crippen LogP contribution is -2.49. The fourth-order valence-electron chi connectivity index (χ4n) is 3.45. The Balaban J connectivity index is 2.62. The van der Waals surface area contributed by atoms with Gasteiger partial charge in [-0.2, -0.15) is 0 Å². The first-order valence-corrected chi connectivity index (χ1v) is 8.06. The van der Waals surface area contributed by atoms with Crippen LogP contribution >= 0.6 is 0 Å². The van der Waals surface area contributed by atoms with E-state index in [4.69, 9.17) is 5.73 Å². The summed E-state index contributed by atoms with van der Waals surface area (Å²) in [6, 6.07) is 0. The minimum absolute atomic E-state index is 0.0124. The summed E-state index contributed by atoms with van der Waals surface area (Å²) >= 11 is 0. The van der Waals surface area contributed by atoms with E-state index in [1.165, 1.54) is 19.3 Å². The third-order valence-electron chi connectivity index (χ3n) is 5.32. The highest BCUT2D eigenvalue weighted by Crippen LogP contribution is 2.38. The zero-order valence-corrected chi connectivity index (χ0v) is 13.1. The van der Waals surface area contributed by atoms with Gasteiger partial charge in [-0.15, -0.1) is 0 Å². The first-order chi connectivity index (χ1) is 9.05. The van der Waals surface area contributed by atoms with Gasteiger partial charge >= 0.3 is 0 Å². The molecule has 0 aromatic heterocycles. The topological polar surface area (TPSA) is 55.1 Å². The molecule has 1 aliphatic rings. The molecule has 0 aromatic rings. The van der Waals surface area contributed by atoms with Crippen LogP contribution in [0.4, 0.5) is 0 Å². The largest absolute Gasteiger partial charge is 0.351 e. The summed E-state index contributed by atoms with van der Waals surface area (Å²) < 4.78 is 0. The van der Waals surface area contributed by atoms with Crippen molar-refractivity contribution in [2.45, 2.75) is 84.1 Å².